The van der Waals surface area contributed by atoms with Crippen LogP contribution in [0.15, 0.2) is 77.7 Å². The lowest BCUT2D eigenvalue weighted by atomic mass is 10.2. The molecule has 3 rings (SSSR count). The SMILES string of the molecule is COc1ccc(C)cc1Nc1ccc(NS(=O)(=O)c2ccccc2)cc1. The predicted octanol–water partition coefficient (Wildman–Crippen LogP) is 4.55. The van der Waals surface area contributed by atoms with Gasteiger partial charge >= 0.3 is 0 Å². The molecule has 0 aliphatic carbocycles. The highest BCUT2D eigenvalue weighted by Crippen LogP contribution is 2.29. The van der Waals surface area contributed by atoms with E-state index in [2.05, 4.69) is 10.0 Å². The summed E-state index contributed by atoms with van der Waals surface area (Å²) < 4.78 is 32.6. The smallest absolute Gasteiger partial charge is 0.261 e. The maximum absolute atomic E-state index is 12.4. The standard InChI is InChI=1S/C20H20N2O3S/c1-15-8-13-20(25-2)19(14-15)21-16-9-11-17(12-10-16)22-26(23,24)18-6-4-3-5-7-18/h3-14,21-22H,1-2H3. The third-order valence-corrected chi connectivity index (χ3v) is 5.22. The molecule has 3 aromatic rings. The van der Waals surface area contributed by atoms with Gasteiger partial charge in [0.25, 0.3) is 10.0 Å². The van der Waals surface area contributed by atoms with Crippen molar-refractivity contribution in [3.05, 3.63) is 78.4 Å². The molecule has 0 radical (unpaired) electrons. The Labute approximate surface area is 153 Å². The van der Waals surface area contributed by atoms with E-state index in [0.29, 0.717) is 5.69 Å². The van der Waals surface area contributed by atoms with Crippen LogP contribution in [0, 0.1) is 6.92 Å². The Hall–Kier alpha value is -2.99. The van der Waals surface area contributed by atoms with Gasteiger partial charge < -0.3 is 10.1 Å². The Morgan fingerprint density at radius 3 is 2.15 bits per heavy atom. The van der Waals surface area contributed by atoms with Gasteiger partial charge in [0.15, 0.2) is 0 Å². The summed E-state index contributed by atoms with van der Waals surface area (Å²) in [4.78, 5) is 0.228. The van der Waals surface area contributed by atoms with Gasteiger partial charge in [0.05, 0.1) is 17.7 Å². The summed E-state index contributed by atoms with van der Waals surface area (Å²) in [6.07, 6.45) is 0. The molecule has 2 N–H and O–H groups in total. The predicted molar refractivity (Wildman–Crippen MR) is 105 cm³/mol. The van der Waals surface area contributed by atoms with Crippen LogP contribution < -0.4 is 14.8 Å². The number of rotatable bonds is 6. The van der Waals surface area contributed by atoms with E-state index in [0.717, 1.165) is 22.7 Å². The molecular formula is C20H20N2O3S. The van der Waals surface area contributed by atoms with Crippen LogP contribution in [-0.2, 0) is 10.0 Å². The molecule has 0 saturated carbocycles. The lowest BCUT2D eigenvalue weighted by Crippen LogP contribution is -2.12. The second-order valence-electron chi connectivity index (χ2n) is 5.82. The molecule has 3 aromatic carbocycles. The summed E-state index contributed by atoms with van der Waals surface area (Å²) >= 11 is 0. The molecule has 5 nitrogen and oxygen atoms in total. The second kappa shape index (κ2) is 7.49. The minimum Gasteiger partial charge on any atom is -0.495 e. The van der Waals surface area contributed by atoms with E-state index < -0.39 is 10.0 Å². The number of benzene rings is 3. The van der Waals surface area contributed by atoms with E-state index >= 15 is 0 Å². The Bertz CT molecular complexity index is 985. The van der Waals surface area contributed by atoms with Gasteiger partial charge in [0, 0.05) is 11.4 Å². The molecule has 0 atom stereocenters. The van der Waals surface area contributed by atoms with Gasteiger partial charge in [0.2, 0.25) is 0 Å². The van der Waals surface area contributed by atoms with Crippen LogP contribution in [0.2, 0.25) is 0 Å². The van der Waals surface area contributed by atoms with Crippen molar-refractivity contribution in [1.29, 1.82) is 0 Å². The Balaban J connectivity index is 1.76. The molecule has 0 unspecified atom stereocenters. The summed E-state index contributed by atoms with van der Waals surface area (Å²) in [5, 5.41) is 3.28. The van der Waals surface area contributed by atoms with Crippen molar-refractivity contribution in [3.8, 4) is 5.75 Å². The van der Waals surface area contributed by atoms with E-state index in [1.807, 2.05) is 37.3 Å². The third kappa shape index (κ3) is 4.15. The fraction of sp³-hybridized carbons (Fsp3) is 0.100. The molecule has 0 spiro atoms. The van der Waals surface area contributed by atoms with Gasteiger partial charge in [-0.1, -0.05) is 24.3 Å². The fourth-order valence-corrected chi connectivity index (χ4v) is 3.59. The first-order chi connectivity index (χ1) is 12.5. The molecule has 0 aliphatic rings. The summed E-state index contributed by atoms with van der Waals surface area (Å²) in [7, 11) is -1.97. The van der Waals surface area contributed by atoms with Crippen molar-refractivity contribution in [2.75, 3.05) is 17.1 Å². The topological polar surface area (TPSA) is 67.4 Å². The molecule has 134 valence electrons. The van der Waals surface area contributed by atoms with E-state index in [1.165, 1.54) is 0 Å². The van der Waals surface area contributed by atoms with Gasteiger partial charge in [-0.3, -0.25) is 4.72 Å². The maximum Gasteiger partial charge on any atom is 0.261 e. The lowest BCUT2D eigenvalue weighted by molar-refractivity contribution is 0.416. The number of ether oxygens (including phenoxy) is 1. The van der Waals surface area contributed by atoms with E-state index in [1.54, 1.807) is 49.6 Å². The number of methoxy groups -OCH3 is 1. The normalized spacial score (nSPS) is 11.0. The van der Waals surface area contributed by atoms with Gasteiger partial charge in [-0.05, 0) is 61.0 Å². The highest BCUT2D eigenvalue weighted by atomic mass is 32.2. The second-order valence-corrected chi connectivity index (χ2v) is 7.51. The summed E-state index contributed by atoms with van der Waals surface area (Å²) in [6, 6.07) is 21.2. The number of nitrogens with one attached hydrogen (secondary N) is 2. The Kier molecular flexibility index (Phi) is 5.14. The summed E-state index contributed by atoms with van der Waals surface area (Å²) in [5.41, 5.74) is 3.29. The average Bonchev–Trinajstić information content (AvgIpc) is 2.64. The number of hydrogen-bond donors (Lipinski definition) is 2. The molecule has 0 aromatic heterocycles. The van der Waals surface area contributed by atoms with E-state index in [-0.39, 0.29) is 4.90 Å². The van der Waals surface area contributed by atoms with Crippen molar-refractivity contribution < 1.29 is 13.2 Å². The van der Waals surface area contributed by atoms with Gasteiger partial charge in [-0.2, -0.15) is 0 Å². The van der Waals surface area contributed by atoms with Crippen LogP contribution in [-0.4, -0.2) is 15.5 Å². The molecular weight excluding hydrogens is 348 g/mol. The number of sulfonamides is 1. The number of hydrogen-bond acceptors (Lipinski definition) is 4. The highest BCUT2D eigenvalue weighted by Gasteiger charge is 2.13. The highest BCUT2D eigenvalue weighted by molar-refractivity contribution is 7.92. The lowest BCUT2D eigenvalue weighted by Gasteiger charge is -2.13. The monoisotopic (exact) mass is 368 g/mol. The van der Waals surface area contributed by atoms with E-state index in [4.69, 9.17) is 4.74 Å². The zero-order valence-corrected chi connectivity index (χ0v) is 15.4. The first-order valence-electron chi connectivity index (χ1n) is 8.07. The Morgan fingerprint density at radius 2 is 1.50 bits per heavy atom. The zero-order chi connectivity index (χ0) is 18.6. The first-order valence-corrected chi connectivity index (χ1v) is 9.56. The van der Waals surface area contributed by atoms with Crippen molar-refractivity contribution >= 4 is 27.1 Å². The average molecular weight is 368 g/mol. The van der Waals surface area contributed by atoms with Crippen molar-refractivity contribution in [2.45, 2.75) is 11.8 Å². The summed E-state index contributed by atoms with van der Waals surface area (Å²) in [6.45, 7) is 2.01. The zero-order valence-electron chi connectivity index (χ0n) is 14.6. The molecule has 26 heavy (non-hydrogen) atoms. The van der Waals surface area contributed by atoms with Crippen LogP contribution in [0.1, 0.15) is 5.56 Å². The molecule has 0 saturated heterocycles. The van der Waals surface area contributed by atoms with Gasteiger partial charge in [0.1, 0.15) is 5.75 Å². The molecule has 6 heteroatoms. The van der Waals surface area contributed by atoms with Crippen molar-refractivity contribution in [3.63, 3.8) is 0 Å². The minimum atomic E-state index is -3.59. The summed E-state index contributed by atoms with van der Waals surface area (Å²) in [5.74, 6) is 0.740. The third-order valence-electron chi connectivity index (χ3n) is 3.82. The maximum atomic E-state index is 12.4. The number of aryl methyl sites for hydroxylation is 1. The molecule has 0 fully saturated rings. The molecule has 0 amide bonds. The van der Waals surface area contributed by atoms with Gasteiger partial charge in [-0.25, -0.2) is 8.42 Å². The molecule has 0 aliphatic heterocycles. The number of anilines is 3. The molecule has 0 bridgehead atoms. The fourth-order valence-electron chi connectivity index (χ4n) is 2.51. The molecule has 0 heterocycles. The van der Waals surface area contributed by atoms with Crippen molar-refractivity contribution in [2.24, 2.45) is 0 Å². The van der Waals surface area contributed by atoms with E-state index in [9.17, 15) is 8.42 Å². The van der Waals surface area contributed by atoms with Crippen LogP contribution in [0.4, 0.5) is 17.1 Å². The van der Waals surface area contributed by atoms with Crippen LogP contribution >= 0.6 is 0 Å². The van der Waals surface area contributed by atoms with Gasteiger partial charge in [-0.15, -0.1) is 0 Å². The van der Waals surface area contributed by atoms with Crippen molar-refractivity contribution in [1.82, 2.24) is 0 Å². The van der Waals surface area contributed by atoms with Crippen LogP contribution in [0.5, 0.6) is 5.75 Å². The van der Waals surface area contributed by atoms with Crippen LogP contribution in [0.25, 0.3) is 0 Å². The quantitative estimate of drug-likeness (QED) is 0.670. The largest absolute Gasteiger partial charge is 0.495 e. The minimum absolute atomic E-state index is 0.228. The first kappa shape index (κ1) is 17.8. The Morgan fingerprint density at radius 1 is 0.846 bits per heavy atom. The van der Waals surface area contributed by atoms with Crippen LogP contribution in [0.3, 0.4) is 0 Å².